The van der Waals surface area contributed by atoms with E-state index in [0.717, 1.165) is 28.1 Å². The molecular weight excluding hydrogens is 264 g/mol. The van der Waals surface area contributed by atoms with E-state index in [-0.39, 0.29) is 5.95 Å². The van der Waals surface area contributed by atoms with Crippen LogP contribution in [0.4, 0.5) is 5.95 Å². The Morgan fingerprint density at radius 3 is 2.33 bits per heavy atom. The van der Waals surface area contributed by atoms with Gasteiger partial charge in [-0.1, -0.05) is 0 Å². The van der Waals surface area contributed by atoms with Crippen molar-refractivity contribution in [3.8, 4) is 28.1 Å². The molecule has 0 atom stereocenters. The molecule has 2 aromatic heterocycles. The number of anilines is 1. The quantitative estimate of drug-likeness (QED) is 0.797. The van der Waals surface area contributed by atoms with Crippen LogP contribution < -0.4 is 10.5 Å². The van der Waals surface area contributed by atoms with Crippen LogP contribution in [0.15, 0.2) is 55.0 Å². The normalized spacial score (nSPS) is 10.3. The molecule has 2 heterocycles. The Balaban J connectivity index is 2.14. The number of methoxy groups -OCH3 is 1. The number of hydrogen-bond acceptors (Lipinski definition) is 5. The predicted molar refractivity (Wildman–Crippen MR) is 81.7 cm³/mol. The van der Waals surface area contributed by atoms with E-state index >= 15 is 0 Å². The highest BCUT2D eigenvalue weighted by atomic mass is 16.5. The van der Waals surface area contributed by atoms with Crippen molar-refractivity contribution in [3.63, 3.8) is 0 Å². The van der Waals surface area contributed by atoms with Crippen molar-refractivity contribution >= 4 is 5.95 Å². The number of aromatic nitrogens is 3. The molecule has 5 heteroatoms. The minimum Gasteiger partial charge on any atom is -0.497 e. The summed E-state index contributed by atoms with van der Waals surface area (Å²) in [5, 5.41) is 0. The molecule has 0 amide bonds. The van der Waals surface area contributed by atoms with E-state index in [1.165, 1.54) is 0 Å². The summed E-state index contributed by atoms with van der Waals surface area (Å²) in [7, 11) is 1.64. The van der Waals surface area contributed by atoms with Crippen LogP contribution in [0.2, 0.25) is 0 Å². The summed E-state index contributed by atoms with van der Waals surface area (Å²) in [5.74, 6) is 1.05. The fourth-order valence-electron chi connectivity index (χ4n) is 2.11. The van der Waals surface area contributed by atoms with Gasteiger partial charge < -0.3 is 10.5 Å². The van der Waals surface area contributed by atoms with Crippen molar-refractivity contribution in [1.29, 1.82) is 0 Å². The van der Waals surface area contributed by atoms with Crippen LogP contribution in [0.3, 0.4) is 0 Å². The van der Waals surface area contributed by atoms with E-state index in [9.17, 15) is 0 Å². The zero-order valence-corrected chi connectivity index (χ0v) is 11.5. The molecule has 3 rings (SSSR count). The summed E-state index contributed by atoms with van der Waals surface area (Å²) in [6.45, 7) is 0. The molecule has 21 heavy (non-hydrogen) atoms. The number of nitrogens with zero attached hydrogens (tertiary/aromatic N) is 3. The summed E-state index contributed by atoms with van der Waals surface area (Å²) < 4.78 is 5.18. The van der Waals surface area contributed by atoms with Crippen LogP contribution in [-0.4, -0.2) is 22.1 Å². The lowest BCUT2D eigenvalue weighted by molar-refractivity contribution is 0.415. The van der Waals surface area contributed by atoms with Crippen LogP contribution in [0, 0.1) is 0 Å². The maximum Gasteiger partial charge on any atom is 0.220 e. The molecule has 5 nitrogen and oxygen atoms in total. The minimum atomic E-state index is 0.249. The second-order valence-electron chi connectivity index (χ2n) is 4.45. The van der Waals surface area contributed by atoms with E-state index in [0.29, 0.717) is 0 Å². The molecule has 0 unspecified atom stereocenters. The van der Waals surface area contributed by atoms with Crippen LogP contribution in [0.1, 0.15) is 0 Å². The smallest absolute Gasteiger partial charge is 0.220 e. The monoisotopic (exact) mass is 278 g/mol. The van der Waals surface area contributed by atoms with Crippen molar-refractivity contribution in [2.75, 3.05) is 12.8 Å². The van der Waals surface area contributed by atoms with Gasteiger partial charge in [-0.2, -0.15) is 0 Å². The van der Waals surface area contributed by atoms with E-state index in [1.807, 2.05) is 36.4 Å². The van der Waals surface area contributed by atoms with Crippen molar-refractivity contribution in [3.05, 3.63) is 55.0 Å². The van der Waals surface area contributed by atoms with Gasteiger partial charge in [0.05, 0.1) is 12.8 Å². The first-order valence-electron chi connectivity index (χ1n) is 6.45. The van der Waals surface area contributed by atoms with E-state index in [2.05, 4.69) is 15.0 Å². The number of nitrogen functional groups attached to an aromatic ring is 1. The summed E-state index contributed by atoms with van der Waals surface area (Å²) in [6.07, 6.45) is 5.21. The molecule has 0 fully saturated rings. The first-order chi connectivity index (χ1) is 10.3. The van der Waals surface area contributed by atoms with Crippen molar-refractivity contribution in [2.24, 2.45) is 0 Å². The largest absolute Gasteiger partial charge is 0.497 e. The highest BCUT2D eigenvalue weighted by molar-refractivity contribution is 5.80. The molecular formula is C16H14N4O. The van der Waals surface area contributed by atoms with Gasteiger partial charge in [0.2, 0.25) is 5.95 Å². The standard InChI is InChI=1S/C16H14N4O/c1-21-13-4-2-12(3-5-13)15-14(10-19-16(17)20-15)11-6-8-18-9-7-11/h2-10H,1H3,(H2,17,19,20). The third kappa shape index (κ3) is 2.67. The molecule has 0 aliphatic carbocycles. The van der Waals surface area contributed by atoms with Crippen molar-refractivity contribution in [2.45, 2.75) is 0 Å². The maximum atomic E-state index is 5.74. The van der Waals surface area contributed by atoms with E-state index in [1.54, 1.807) is 25.7 Å². The van der Waals surface area contributed by atoms with Gasteiger partial charge >= 0.3 is 0 Å². The average molecular weight is 278 g/mol. The zero-order valence-electron chi connectivity index (χ0n) is 11.5. The lowest BCUT2D eigenvalue weighted by Gasteiger charge is -2.10. The number of ether oxygens (including phenoxy) is 1. The number of nitrogens with two attached hydrogens (primary N) is 1. The Kier molecular flexibility index (Phi) is 3.47. The van der Waals surface area contributed by atoms with Gasteiger partial charge in [-0.15, -0.1) is 0 Å². The maximum absolute atomic E-state index is 5.74. The average Bonchev–Trinajstić information content (AvgIpc) is 2.56. The molecule has 1 aromatic carbocycles. The second kappa shape index (κ2) is 5.58. The summed E-state index contributed by atoms with van der Waals surface area (Å²) in [5.41, 5.74) is 9.39. The fraction of sp³-hybridized carbons (Fsp3) is 0.0625. The molecule has 0 radical (unpaired) electrons. The van der Waals surface area contributed by atoms with Crippen molar-refractivity contribution in [1.82, 2.24) is 15.0 Å². The predicted octanol–water partition coefficient (Wildman–Crippen LogP) is 2.80. The van der Waals surface area contributed by atoms with Crippen LogP contribution in [-0.2, 0) is 0 Å². The number of hydrogen-bond donors (Lipinski definition) is 1. The SMILES string of the molecule is COc1ccc(-c2nc(N)ncc2-c2ccncc2)cc1. The Morgan fingerprint density at radius 1 is 0.952 bits per heavy atom. The molecule has 0 bridgehead atoms. The number of benzene rings is 1. The van der Waals surface area contributed by atoms with Crippen LogP contribution >= 0.6 is 0 Å². The fourth-order valence-corrected chi connectivity index (χ4v) is 2.11. The van der Waals surface area contributed by atoms with Gasteiger partial charge in [-0.05, 0) is 42.0 Å². The number of pyridine rings is 1. The molecule has 0 spiro atoms. The van der Waals surface area contributed by atoms with Gasteiger partial charge in [0.1, 0.15) is 5.75 Å². The first kappa shape index (κ1) is 13.1. The topological polar surface area (TPSA) is 73.9 Å². The highest BCUT2D eigenvalue weighted by Crippen LogP contribution is 2.30. The minimum absolute atomic E-state index is 0.249. The van der Waals surface area contributed by atoms with Crippen LogP contribution in [0.5, 0.6) is 5.75 Å². The highest BCUT2D eigenvalue weighted by Gasteiger charge is 2.10. The summed E-state index contributed by atoms with van der Waals surface area (Å²) in [4.78, 5) is 12.5. The molecule has 0 aliphatic rings. The molecule has 2 N–H and O–H groups in total. The third-order valence-corrected chi connectivity index (χ3v) is 3.16. The van der Waals surface area contributed by atoms with Gasteiger partial charge in [0, 0.05) is 29.7 Å². The molecule has 104 valence electrons. The van der Waals surface area contributed by atoms with E-state index in [4.69, 9.17) is 10.5 Å². The van der Waals surface area contributed by atoms with E-state index < -0.39 is 0 Å². The lowest BCUT2D eigenvalue weighted by atomic mass is 10.0. The first-order valence-corrected chi connectivity index (χ1v) is 6.45. The number of rotatable bonds is 3. The Bertz CT molecular complexity index is 742. The Morgan fingerprint density at radius 2 is 1.67 bits per heavy atom. The molecule has 0 aliphatic heterocycles. The molecule has 0 saturated carbocycles. The Hall–Kier alpha value is -2.95. The summed E-state index contributed by atoms with van der Waals surface area (Å²) >= 11 is 0. The molecule has 0 saturated heterocycles. The molecule has 3 aromatic rings. The third-order valence-electron chi connectivity index (χ3n) is 3.16. The van der Waals surface area contributed by atoms with Crippen LogP contribution in [0.25, 0.3) is 22.4 Å². The van der Waals surface area contributed by atoms with Gasteiger partial charge in [-0.25, -0.2) is 9.97 Å². The van der Waals surface area contributed by atoms with Gasteiger partial charge in [-0.3, -0.25) is 4.98 Å². The van der Waals surface area contributed by atoms with Crippen molar-refractivity contribution < 1.29 is 4.74 Å². The van der Waals surface area contributed by atoms with Gasteiger partial charge in [0.15, 0.2) is 0 Å². The Labute approximate surface area is 122 Å². The van der Waals surface area contributed by atoms with Gasteiger partial charge in [0.25, 0.3) is 0 Å². The summed E-state index contributed by atoms with van der Waals surface area (Å²) in [6, 6.07) is 11.5. The second-order valence-corrected chi connectivity index (χ2v) is 4.45. The lowest BCUT2D eigenvalue weighted by Crippen LogP contribution is -1.98. The zero-order chi connectivity index (χ0) is 14.7.